The maximum absolute atomic E-state index is 13.7. The lowest BCUT2D eigenvalue weighted by Crippen LogP contribution is -2.27. The summed E-state index contributed by atoms with van der Waals surface area (Å²) < 4.78 is 23.8. The summed E-state index contributed by atoms with van der Waals surface area (Å²) in [6.07, 6.45) is 0.353. The third kappa shape index (κ3) is 1.93. The summed E-state index contributed by atoms with van der Waals surface area (Å²) >= 11 is 0. The number of hydrogen-bond acceptors (Lipinski definition) is 4. The van der Waals surface area contributed by atoms with Crippen LogP contribution in [0.25, 0.3) is 11.0 Å². The van der Waals surface area contributed by atoms with Crippen molar-refractivity contribution in [2.24, 2.45) is 0 Å². The van der Waals surface area contributed by atoms with Gasteiger partial charge < -0.3 is 9.15 Å². The average Bonchev–Trinajstić information content (AvgIpc) is 2.78. The largest absolute Gasteiger partial charge is 0.464 e. The second-order valence-corrected chi connectivity index (χ2v) is 3.31. The highest BCUT2D eigenvalue weighted by atomic mass is 19.1. The van der Waals surface area contributed by atoms with Crippen LogP contribution in [0, 0.1) is 0 Å². The van der Waals surface area contributed by atoms with Gasteiger partial charge in [0.25, 0.3) is 11.9 Å². The number of nitrogens with zero attached hydrogens (tertiary/aromatic N) is 1. The minimum Gasteiger partial charge on any atom is -0.464 e. The zero-order chi connectivity index (χ0) is 12.4. The van der Waals surface area contributed by atoms with E-state index in [-0.39, 0.29) is 12.0 Å². The molecule has 2 aromatic rings. The summed E-state index contributed by atoms with van der Waals surface area (Å²) in [4.78, 5) is 23.0. The fourth-order valence-corrected chi connectivity index (χ4v) is 1.48. The molecule has 0 saturated carbocycles. The van der Waals surface area contributed by atoms with Crippen LogP contribution in [0.3, 0.4) is 0 Å². The number of carbonyl (C=O) groups is 1. The van der Waals surface area contributed by atoms with Crippen LogP contribution in [0.4, 0.5) is 4.39 Å². The molecule has 1 unspecified atom stereocenters. The Kier molecular flexibility index (Phi) is 2.95. The number of esters is 1. The molecule has 0 spiro atoms. The fourth-order valence-electron chi connectivity index (χ4n) is 1.48. The Morgan fingerprint density at radius 3 is 3.06 bits per heavy atom. The van der Waals surface area contributed by atoms with E-state index < -0.39 is 17.8 Å². The number of alkyl halides is 1. The van der Waals surface area contributed by atoms with Crippen molar-refractivity contribution in [3.8, 4) is 0 Å². The smallest absolute Gasteiger partial charge is 0.362 e. The SMILES string of the molecule is CCOC(=O)C(F)n1ccc2occc2c1=O. The quantitative estimate of drug-likeness (QED) is 0.763. The zero-order valence-electron chi connectivity index (χ0n) is 9.05. The van der Waals surface area contributed by atoms with Crippen LogP contribution < -0.4 is 5.56 Å². The molecule has 0 N–H and O–H groups in total. The Labute approximate surface area is 95.4 Å². The molecule has 90 valence electrons. The maximum Gasteiger partial charge on any atom is 0.362 e. The first kappa shape index (κ1) is 11.4. The standard InChI is InChI=1S/C11H10FNO4/c1-2-16-11(15)9(12)13-5-3-8-7(10(13)14)4-6-17-8/h3-6,9H,2H2,1H3. The van der Waals surface area contributed by atoms with E-state index in [4.69, 9.17) is 4.42 Å². The summed E-state index contributed by atoms with van der Waals surface area (Å²) in [5.41, 5.74) is -0.279. The van der Waals surface area contributed by atoms with Gasteiger partial charge in [-0.2, -0.15) is 0 Å². The third-order valence-electron chi connectivity index (χ3n) is 2.27. The van der Waals surface area contributed by atoms with E-state index in [1.54, 1.807) is 6.92 Å². The Morgan fingerprint density at radius 1 is 1.59 bits per heavy atom. The Bertz CT molecular complexity index is 601. The van der Waals surface area contributed by atoms with Crippen LogP contribution in [-0.4, -0.2) is 17.1 Å². The van der Waals surface area contributed by atoms with Gasteiger partial charge in [-0.1, -0.05) is 0 Å². The van der Waals surface area contributed by atoms with Crippen LogP contribution in [0.15, 0.2) is 33.8 Å². The van der Waals surface area contributed by atoms with Gasteiger partial charge >= 0.3 is 5.97 Å². The van der Waals surface area contributed by atoms with E-state index in [2.05, 4.69) is 4.74 Å². The first-order valence-corrected chi connectivity index (χ1v) is 5.04. The molecule has 0 aromatic carbocycles. The second kappa shape index (κ2) is 4.40. The lowest BCUT2D eigenvalue weighted by Gasteiger charge is -2.10. The minimum atomic E-state index is -2.14. The normalized spacial score (nSPS) is 12.6. The number of halogens is 1. The molecule has 0 saturated heterocycles. The molecule has 17 heavy (non-hydrogen) atoms. The van der Waals surface area contributed by atoms with Crippen molar-refractivity contribution < 1.29 is 18.3 Å². The summed E-state index contributed by atoms with van der Waals surface area (Å²) in [6.45, 7) is 1.62. The first-order valence-electron chi connectivity index (χ1n) is 5.04. The van der Waals surface area contributed by atoms with Crippen LogP contribution in [0.5, 0.6) is 0 Å². The highest BCUT2D eigenvalue weighted by molar-refractivity contribution is 5.77. The summed E-state index contributed by atoms with van der Waals surface area (Å²) in [5, 5.41) is 0.222. The maximum atomic E-state index is 13.7. The minimum absolute atomic E-state index is 0.0575. The number of ether oxygens (including phenoxy) is 1. The molecule has 2 heterocycles. The van der Waals surface area contributed by atoms with Crippen molar-refractivity contribution in [1.29, 1.82) is 0 Å². The number of pyridine rings is 1. The van der Waals surface area contributed by atoms with Crippen molar-refractivity contribution in [1.82, 2.24) is 4.57 Å². The molecule has 5 nitrogen and oxygen atoms in total. The Hall–Kier alpha value is -2.11. The molecule has 0 aliphatic rings. The summed E-state index contributed by atoms with van der Waals surface area (Å²) in [5.74, 6) is -1.09. The molecule has 6 heteroatoms. The van der Waals surface area contributed by atoms with E-state index in [0.717, 1.165) is 6.20 Å². The average molecular weight is 239 g/mol. The van der Waals surface area contributed by atoms with Gasteiger partial charge in [0.1, 0.15) is 5.58 Å². The van der Waals surface area contributed by atoms with Crippen molar-refractivity contribution in [2.45, 2.75) is 13.2 Å². The van der Waals surface area contributed by atoms with E-state index in [1.807, 2.05) is 0 Å². The number of carbonyl (C=O) groups excluding carboxylic acids is 1. The predicted octanol–water partition coefficient (Wildman–Crippen LogP) is 1.63. The number of fused-ring (bicyclic) bond motifs is 1. The van der Waals surface area contributed by atoms with Crippen molar-refractivity contribution in [3.05, 3.63) is 34.9 Å². The van der Waals surface area contributed by atoms with E-state index in [0.29, 0.717) is 10.2 Å². The number of rotatable bonds is 3. The molecular formula is C11H10FNO4. The van der Waals surface area contributed by atoms with Crippen LogP contribution in [0.1, 0.15) is 13.2 Å². The molecule has 0 bridgehead atoms. The van der Waals surface area contributed by atoms with E-state index in [1.165, 1.54) is 18.4 Å². The summed E-state index contributed by atoms with van der Waals surface area (Å²) in [6, 6.07) is 2.84. The fraction of sp³-hybridized carbons (Fsp3) is 0.273. The van der Waals surface area contributed by atoms with Crippen molar-refractivity contribution in [2.75, 3.05) is 6.61 Å². The first-order chi connectivity index (χ1) is 8.15. The van der Waals surface area contributed by atoms with Gasteiger partial charge in [-0.15, -0.1) is 0 Å². The van der Waals surface area contributed by atoms with Crippen LogP contribution in [0.2, 0.25) is 0 Å². The van der Waals surface area contributed by atoms with Gasteiger partial charge in [0, 0.05) is 6.20 Å². The molecular weight excluding hydrogens is 229 g/mol. The lowest BCUT2D eigenvalue weighted by atomic mass is 10.3. The van der Waals surface area contributed by atoms with Crippen LogP contribution >= 0.6 is 0 Å². The van der Waals surface area contributed by atoms with Gasteiger partial charge in [-0.05, 0) is 19.1 Å². The Morgan fingerprint density at radius 2 is 2.35 bits per heavy atom. The van der Waals surface area contributed by atoms with Crippen LogP contribution in [-0.2, 0) is 9.53 Å². The molecule has 0 aliphatic carbocycles. The molecule has 0 radical (unpaired) electrons. The molecule has 0 amide bonds. The number of hydrogen-bond donors (Lipinski definition) is 0. The van der Waals surface area contributed by atoms with Gasteiger partial charge in [0.05, 0.1) is 18.3 Å². The van der Waals surface area contributed by atoms with Gasteiger partial charge in [-0.3, -0.25) is 9.36 Å². The van der Waals surface area contributed by atoms with E-state index >= 15 is 0 Å². The topological polar surface area (TPSA) is 61.4 Å². The molecule has 2 rings (SSSR count). The molecule has 0 fully saturated rings. The van der Waals surface area contributed by atoms with Gasteiger partial charge in [0.15, 0.2) is 0 Å². The monoisotopic (exact) mass is 239 g/mol. The van der Waals surface area contributed by atoms with Crippen molar-refractivity contribution in [3.63, 3.8) is 0 Å². The highest BCUT2D eigenvalue weighted by Crippen LogP contribution is 2.14. The molecule has 2 aromatic heterocycles. The highest BCUT2D eigenvalue weighted by Gasteiger charge is 2.22. The van der Waals surface area contributed by atoms with Crippen molar-refractivity contribution >= 4 is 16.9 Å². The third-order valence-corrected chi connectivity index (χ3v) is 2.27. The zero-order valence-corrected chi connectivity index (χ0v) is 9.05. The Balaban J connectivity index is 2.45. The summed E-state index contributed by atoms with van der Waals surface area (Å²) in [7, 11) is 0. The molecule has 0 aliphatic heterocycles. The number of furan rings is 1. The van der Waals surface area contributed by atoms with Gasteiger partial charge in [-0.25, -0.2) is 9.18 Å². The predicted molar refractivity (Wildman–Crippen MR) is 57.3 cm³/mol. The lowest BCUT2D eigenvalue weighted by molar-refractivity contribution is -0.152. The second-order valence-electron chi connectivity index (χ2n) is 3.31. The van der Waals surface area contributed by atoms with Gasteiger partial charge in [0.2, 0.25) is 0 Å². The van der Waals surface area contributed by atoms with E-state index in [9.17, 15) is 14.0 Å². The molecule has 1 atom stereocenters. The number of aromatic nitrogens is 1.